The molecule has 3 nitrogen and oxygen atoms in total. The summed E-state index contributed by atoms with van der Waals surface area (Å²) in [5.74, 6) is 0.0160. The first-order chi connectivity index (χ1) is 6.24. The molecule has 5 heteroatoms. The Balaban J connectivity index is 1.89. The molecule has 3 fully saturated rings. The smallest absolute Gasteiger partial charge is 0.309 e. The molecule has 2 heterocycles. The molecule has 0 aromatic heterocycles. The van der Waals surface area contributed by atoms with Crippen molar-refractivity contribution < 1.29 is 14.3 Å². The Bertz CT molecular complexity index is 289. The van der Waals surface area contributed by atoms with E-state index in [2.05, 4.69) is 0 Å². The molecule has 70 valence electrons. The number of thioether (sulfide) groups is 1. The molecule has 2 saturated heterocycles. The molecular formula is C8H8O3S2. The largest absolute Gasteiger partial charge is 0.474 e. The van der Waals surface area contributed by atoms with E-state index in [9.17, 15) is 4.79 Å². The Labute approximate surface area is 85.1 Å². The van der Waals surface area contributed by atoms with Gasteiger partial charge in [0.2, 0.25) is 4.38 Å². The minimum absolute atomic E-state index is 0.0432. The molecule has 3 aliphatic rings. The van der Waals surface area contributed by atoms with E-state index in [1.165, 1.54) is 0 Å². The van der Waals surface area contributed by atoms with Crippen molar-refractivity contribution in [2.45, 2.75) is 30.3 Å². The number of carbonyl (C=O) groups is 1. The van der Waals surface area contributed by atoms with Crippen molar-refractivity contribution in [2.24, 2.45) is 5.92 Å². The lowest BCUT2D eigenvalue weighted by Gasteiger charge is -2.24. The van der Waals surface area contributed by atoms with Gasteiger partial charge in [-0.05, 0) is 25.1 Å². The van der Waals surface area contributed by atoms with Crippen LogP contribution in [0.15, 0.2) is 0 Å². The minimum Gasteiger partial charge on any atom is -0.474 e. The second-order valence-electron chi connectivity index (χ2n) is 3.63. The Morgan fingerprint density at radius 1 is 1.31 bits per heavy atom. The van der Waals surface area contributed by atoms with E-state index in [0.717, 1.165) is 12.8 Å². The SMILES string of the molecule is O=C1O[C@@H]2C[C@H]1C[C@H]1OC(=S)S[C@@H]21. The summed E-state index contributed by atoms with van der Waals surface area (Å²) in [4.78, 5) is 11.2. The average Bonchev–Trinajstić information content (AvgIpc) is 2.57. The Kier molecular flexibility index (Phi) is 1.61. The van der Waals surface area contributed by atoms with E-state index in [1.54, 1.807) is 11.8 Å². The summed E-state index contributed by atoms with van der Waals surface area (Å²) in [5, 5.41) is 0.259. The fourth-order valence-corrected chi connectivity index (χ4v) is 3.74. The molecule has 2 bridgehead atoms. The molecule has 0 N–H and O–H groups in total. The van der Waals surface area contributed by atoms with Crippen LogP contribution < -0.4 is 0 Å². The average molecular weight is 216 g/mol. The molecule has 1 aliphatic carbocycles. The van der Waals surface area contributed by atoms with Gasteiger partial charge in [-0.2, -0.15) is 0 Å². The van der Waals surface area contributed by atoms with Crippen molar-refractivity contribution in [1.29, 1.82) is 0 Å². The van der Waals surface area contributed by atoms with Crippen LogP contribution in [-0.2, 0) is 14.3 Å². The zero-order chi connectivity index (χ0) is 9.00. The number of esters is 1. The predicted molar refractivity (Wildman–Crippen MR) is 51.5 cm³/mol. The van der Waals surface area contributed by atoms with E-state index in [0.29, 0.717) is 4.38 Å². The van der Waals surface area contributed by atoms with Gasteiger partial charge in [0.1, 0.15) is 12.2 Å². The summed E-state index contributed by atoms with van der Waals surface area (Å²) in [6.07, 6.45) is 1.81. The van der Waals surface area contributed by atoms with Crippen LogP contribution >= 0.6 is 24.0 Å². The number of fused-ring (bicyclic) bond motifs is 4. The number of hydrogen-bond donors (Lipinski definition) is 0. The van der Waals surface area contributed by atoms with Gasteiger partial charge in [-0.15, -0.1) is 0 Å². The van der Waals surface area contributed by atoms with Crippen molar-refractivity contribution in [3.05, 3.63) is 0 Å². The lowest BCUT2D eigenvalue weighted by atomic mass is 9.88. The highest BCUT2D eigenvalue weighted by Crippen LogP contribution is 2.45. The number of thiocarbonyl (C=S) groups is 1. The first-order valence-electron chi connectivity index (χ1n) is 4.32. The van der Waals surface area contributed by atoms with E-state index in [1.807, 2.05) is 0 Å². The van der Waals surface area contributed by atoms with Gasteiger partial charge in [0.15, 0.2) is 0 Å². The van der Waals surface area contributed by atoms with Gasteiger partial charge in [-0.25, -0.2) is 0 Å². The zero-order valence-electron chi connectivity index (χ0n) is 6.76. The number of ether oxygens (including phenoxy) is 2. The van der Waals surface area contributed by atoms with E-state index in [-0.39, 0.29) is 29.3 Å². The van der Waals surface area contributed by atoms with E-state index >= 15 is 0 Å². The van der Waals surface area contributed by atoms with Gasteiger partial charge in [-0.1, -0.05) is 11.8 Å². The molecule has 1 saturated carbocycles. The van der Waals surface area contributed by atoms with Crippen LogP contribution in [0.1, 0.15) is 12.8 Å². The van der Waals surface area contributed by atoms with Gasteiger partial charge < -0.3 is 9.47 Å². The van der Waals surface area contributed by atoms with Crippen LogP contribution in [-0.4, -0.2) is 27.8 Å². The Morgan fingerprint density at radius 3 is 2.77 bits per heavy atom. The lowest BCUT2D eigenvalue weighted by molar-refractivity contribution is -0.143. The van der Waals surface area contributed by atoms with Gasteiger partial charge in [0, 0.05) is 0 Å². The highest BCUT2D eigenvalue weighted by atomic mass is 32.2. The van der Waals surface area contributed by atoms with Crippen LogP contribution in [0, 0.1) is 5.92 Å². The quantitative estimate of drug-likeness (QED) is 0.448. The molecule has 3 rings (SSSR count). The Hall–Kier alpha value is -0.290. The van der Waals surface area contributed by atoms with Crippen molar-refractivity contribution in [1.82, 2.24) is 0 Å². The highest BCUT2D eigenvalue weighted by Gasteiger charge is 2.53. The molecule has 0 amide bonds. The normalized spacial score (nSPS) is 47.1. The number of hydrogen-bond acceptors (Lipinski definition) is 5. The first kappa shape index (κ1) is 8.05. The molecule has 4 atom stereocenters. The molecule has 0 spiro atoms. The molecule has 2 aliphatic heterocycles. The van der Waals surface area contributed by atoms with Crippen LogP contribution in [0.4, 0.5) is 0 Å². The molecule has 0 aromatic carbocycles. The first-order valence-corrected chi connectivity index (χ1v) is 5.60. The van der Waals surface area contributed by atoms with Crippen LogP contribution in [0.5, 0.6) is 0 Å². The minimum atomic E-state index is -0.0467. The molecule has 0 radical (unpaired) electrons. The van der Waals surface area contributed by atoms with Crippen molar-refractivity contribution >= 4 is 34.3 Å². The fourth-order valence-electron chi connectivity index (χ4n) is 2.25. The summed E-state index contributed by atoms with van der Waals surface area (Å²) in [7, 11) is 0. The maximum absolute atomic E-state index is 11.2. The zero-order valence-corrected chi connectivity index (χ0v) is 8.40. The maximum Gasteiger partial charge on any atom is 0.309 e. The third-order valence-electron chi connectivity index (χ3n) is 2.85. The van der Waals surface area contributed by atoms with E-state index in [4.69, 9.17) is 21.7 Å². The lowest BCUT2D eigenvalue weighted by Crippen LogP contribution is -2.35. The number of carbonyl (C=O) groups excluding carboxylic acids is 1. The van der Waals surface area contributed by atoms with Crippen LogP contribution in [0.2, 0.25) is 0 Å². The maximum atomic E-state index is 11.2. The fraction of sp³-hybridized carbons (Fsp3) is 0.750. The van der Waals surface area contributed by atoms with Gasteiger partial charge in [0.05, 0.1) is 11.2 Å². The van der Waals surface area contributed by atoms with Crippen LogP contribution in [0.25, 0.3) is 0 Å². The number of rotatable bonds is 0. The summed E-state index contributed by atoms with van der Waals surface area (Å²) in [5.41, 5.74) is 0. The van der Waals surface area contributed by atoms with Gasteiger partial charge >= 0.3 is 5.97 Å². The standard InChI is InChI=1S/C8H8O3S2/c9-7-3-1-4(10-7)6-5(2-3)11-8(12)13-6/h3-6H,1-2H2/t3-,4+,5+,6-/m0/s1. The molecule has 0 unspecified atom stereocenters. The molecule has 13 heavy (non-hydrogen) atoms. The monoisotopic (exact) mass is 216 g/mol. The van der Waals surface area contributed by atoms with Gasteiger partial charge in [-0.3, -0.25) is 4.79 Å². The van der Waals surface area contributed by atoms with Crippen molar-refractivity contribution in [3.63, 3.8) is 0 Å². The summed E-state index contributed by atoms with van der Waals surface area (Å²) in [6, 6.07) is 0. The Morgan fingerprint density at radius 2 is 2.00 bits per heavy atom. The topological polar surface area (TPSA) is 35.5 Å². The van der Waals surface area contributed by atoms with Crippen molar-refractivity contribution in [3.8, 4) is 0 Å². The predicted octanol–water partition coefficient (Wildman–Crippen LogP) is 1.11. The summed E-state index contributed by atoms with van der Waals surface area (Å²) >= 11 is 6.52. The third kappa shape index (κ3) is 1.10. The van der Waals surface area contributed by atoms with Crippen molar-refractivity contribution in [2.75, 3.05) is 0 Å². The molecular weight excluding hydrogens is 208 g/mol. The second kappa shape index (κ2) is 2.60. The van der Waals surface area contributed by atoms with E-state index < -0.39 is 0 Å². The van der Waals surface area contributed by atoms with Crippen LogP contribution in [0.3, 0.4) is 0 Å². The third-order valence-corrected chi connectivity index (χ3v) is 4.40. The highest BCUT2D eigenvalue weighted by molar-refractivity contribution is 8.23. The second-order valence-corrected chi connectivity index (χ2v) is 5.41. The summed E-state index contributed by atoms with van der Waals surface area (Å²) < 4.78 is 11.3. The molecule has 0 aromatic rings. The summed E-state index contributed by atoms with van der Waals surface area (Å²) in [6.45, 7) is 0. The van der Waals surface area contributed by atoms with Gasteiger partial charge in [0.25, 0.3) is 0 Å².